The highest BCUT2D eigenvalue weighted by Crippen LogP contribution is 2.34. The lowest BCUT2D eigenvalue weighted by molar-refractivity contribution is -0.121. The van der Waals surface area contributed by atoms with Gasteiger partial charge in [-0.2, -0.15) is 0 Å². The van der Waals surface area contributed by atoms with Gasteiger partial charge in [0.2, 0.25) is 0 Å². The van der Waals surface area contributed by atoms with Crippen molar-refractivity contribution < 1.29 is 19.1 Å². The number of urea groups is 1. The maximum absolute atomic E-state index is 12.5. The highest BCUT2D eigenvalue weighted by Gasteiger charge is 2.26. The molecule has 0 radical (unpaired) electrons. The van der Waals surface area contributed by atoms with Gasteiger partial charge < -0.3 is 25.0 Å². The van der Waals surface area contributed by atoms with Gasteiger partial charge in [-0.3, -0.25) is 9.69 Å². The maximum Gasteiger partial charge on any atom is 0.323 e. The predicted molar refractivity (Wildman–Crippen MR) is 116 cm³/mol. The van der Waals surface area contributed by atoms with E-state index in [0.717, 1.165) is 19.6 Å². The number of morpholine rings is 1. The first kappa shape index (κ1) is 20.5. The lowest BCUT2D eigenvalue weighted by Gasteiger charge is -2.33. The van der Waals surface area contributed by atoms with E-state index >= 15 is 0 Å². The maximum atomic E-state index is 12.5. The monoisotopic (exact) mass is 430 g/mol. The van der Waals surface area contributed by atoms with Crippen LogP contribution >= 0.6 is 11.6 Å². The molecule has 2 aliphatic rings. The van der Waals surface area contributed by atoms with Gasteiger partial charge in [0.25, 0.3) is 5.91 Å². The summed E-state index contributed by atoms with van der Waals surface area (Å²) in [6.45, 7) is 4.46. The number of nitrogens with zero attached hydrogens (tertiary/aromatic N) is 2. The number of nitrogens with one attached hydrogen (secondary N) is 2. The summed E-state index contributed by atoms with van der Waals surface area (Å²) in [7, 11) is 0. The zero-order chi connectivity index (χ0) is 20.9. The number of halogens is 1. The van der Waals surface area contributed by atoms with Crippen LogP contribution in [0.3, 0.4) is 0 Å². The highest BCUT2D eigenvalue weighted by atomic mass is 35.5. The first-order valence-corrected chi connectivity index (χ1v) is 10.2. The van der Waals surface area contributed by atoms with Crippen LogP contribution in [0.2, 0.25) is 5.02 Å². The summed E-state index contributed by atoms with van der Waals surface area (Å²) in [5, 5.41) is 6.13. The lowest BCUT2D eigenvalue weighted by atomic mass is 10.2. The Morgan fingerprint density at radius 2 is 1.70 bits per heavy atom. The molecule has 2 heterocycles. The third-order valence-corrected chi connectivity index (χ3v) is 5.26. The van der Waals surface area contributed by atoms with Crippen LogP contribution in [0.4, 0.5) is 21.9 Å². The van der Waals surface area contributed by atoms with Crippen molar-refractivity contribution in [2.24, 2.45) is 0 Å². The van der Waals surface area contributed by atoms with Crippen LogP contribution in [0.5, 0.6) is 5.75 Å². The Morgan fingerprint density at radius 3 is 2.47 bits per heavy atom. The Labute approximate surface area is 179 Å². The average molecular weight is 431 g/mol. The standard InChI is InChI=1S/C21H23ClN4O4/c22-15-1-3-16(4-2-15)23-21(28)24-17-5-6-19-18(13-17)26(20(27)14-30-19)8-7-25-9-11-29-12-10-25/h1-6,13H,7-12,14H2,(H2,23,24,28). The number of carbonyl (C=O) groups excluding carboxylic acids is 2. The van der Waals surface area contributed by atoms with Crippen molar-refractivity contribution in [2.75, 3.05) is 61.5 Å². The number of fused-ring (bicyclic) bond motifs is 1. The van der Waals surface area contributed by atoms with Crippen LogP contribution in [-0.4, -0.2) is 62.8 Å². The van der Waals surface area contributed by atoms with Gasteiger partial charge in [0.1, 0.15) is 5.75 Å². The fraction of sp³-hybridized carbons (Fsp3) is 0.333. The van der Waals surface area contributed by atoms with Gasteiger partial charge in [-0.05, 0) is 42.5 Å². The quantitative estimate of drug-likeness (QED) is 0.761. The third-order valence-electron chi connectivity index (χ3n) is 5.01. The number of hydrogen-bond acceptors (Lipinski definition) is 5. The zero-order valence-corrected chi connectivity index (χ0v) is 17.2. The number of rotatable bonds is 5. The average Bonchev–Trinajstić information content (AvgIpc) is 2.75. The molecule has 0 atom stereocenters. The number of hydrogen-bond donors (Lipinski definition) is 2. The summed E-state index contributed by atoms with van der Waals surface area (Å²) in [5.74, 6) is 0.527. The second kappa shape index (κ2) is 9.34. The van der Waals surface area contributed by atoms with E-state index in [9.17, 15) is 9.59 Å². The molecule has 2 aromatic carbocycles. The van der Waals surface area contributed by atoms with Gasteiger partial charge in [-0.15, -0.1) is 0 Å². The zero-order valence-electron chi connectivity index (χ0n) is 16.4. The molecule has 158 valence electrons. The minimum atomic E-state index is -0.389. The number of amides is 3. The van der Waals surface area contributed by atoms with Crippen molar-refractivity contribution in [3.8, 4) is 5.75 Å². The van der Waals surface area contributed by atoms with E-state index < -0.39 is 0 Å². The Bertz CT molecular complexity index is 916. The van der Waals surface area contributed by atoms with Gasteiger partial charge in [0, 0.05) is 42.6 Å². The lowest BCUT2D eigenvalue weighted by Crippen LogP contribution is -2.45. The Balaban J connectivity index is 1.43. The number of carbonyl (C=O) groups is 2. The molecule has 2 N–H and O–H groups in total. The minimum absolute atomic E-state index is 0.0138. The van der Waals surface area contributed by atoms with Crippen LogP contribution in [0.25, 0.3) is 0 Å². The van der Waals surface area contributed by atoms with E-state index in [1.165, 1.54) is 0 Å². The molecule has 30 heavy (non-hydrogen) atoms. The van der Waals surface area contributed by atoms with E-state index in [1.54, 1.807) is 47.4 Å². The predicted octanol–water partition coefficient (Wildman–Crippen LogP) is 3.04. The molecule has 0 aromatic heterocycles. The third kappa shape index (κ3) is 5.02. The summed E-state index contributed by atoms with van der Waals surface area (Å²) >= 11 is 5.86. The fourth-order valence-electron chi connectivity index (χ4n) is 3.42. The normalized spacial score (nSPS) is 16.6. The van der Waals surface area contributed by atoms with Crippen molar-refractivity contribution in [2.45, 2.75) is 0 Å². The van der Waals surface area contributed by atoms with Crippen molar-refractivity contribution in [1.29, 1.82) is 0 Å². The molecular weight excluding hydrogens is 408 g/mol. The van der Waals surface area contributed by atoms with Gasteiger partial charge in [0.05, 0.1) is 18.9 Å². The molecule has 0 aliphatic carbocycles. The first-order valence-electron chi connectivity index (χ1n) is 9.79. The van der Waals surface area contributed by atoms with E-state index in [1.807, 2.05) is 0 Å². The minimum Gasteiger partial charge on any atom is -0.482 e. The number of benzene rings is 2. The topological polar surface area (TPSA) is 83.1 Å². The van der Waals surface area contributed by atoms with Crippen molar-refractivity contribution in [1.82, 2.24) is 4.90 Å². The van der Waals surface area contributed by atoms with E-state index in [2.05, 4.69) is 15.5 Å². The van der Waals surface area contributed by atoms with Gasteiger partial charge in [-0.25, -0.2) is 4.79 Å². The van der Waals surface area contributed by atoms with E-state index in [0.29, 0.717) is 47.6 Å². The summed E-state index contributed by atoms with van der Waals surface area (Å²) in [4.78, 5) is 28.8. The van der Waals surface area contributed by atoms with Crippen LogP contribution < -0.4 is 20.3 Å². The molecule has 0 saturated carbocycles. The van der Waals surface area contributed by atoms with Crippen molar-refractivity contribution >= 4 is 40.6 Å². The largest absolute Gasteiger partial charge is 0.482 e. The van der Waals surface area contributed by atoms with Crippen molar-refractivity contribution in [3.63, 3.8) is 0 Å². The molecule has 9 heteroatoms. The van der Waals surface area contributed by atoms with Crippen LogP contribution in [0, 0.1) is 0 Å². The summed E-state index contributed by atoms with van der Waals surface area (Å²) in [6.07, 6.45) is 0. The van der Waals surface area contributed by atoms with Crippen LogP contribution in [-0.2, 0) is 9.53 Å². The number of ether oxygens (including phenoxy) is 2. The van der Waals surface area contributed by atoms with Gasteiger partial charge >= 0.3 is 6.03 Å². The number of anilines is 3. The molecular formula is C21H23ClN4O4. The first-order chi connectivity index (χ1) is 14.6. The molecule has 0 spiro atoms. The molecule has 1 saturated heterocycles. The second-order valence-corrected chi connectivity index (χ2v) is 7.49. The molecule has 2 aromatic rings. The highest BCUT2D eigenvalue weighted by molar-refractivity contribution is 6.30. The molecule has 0 bridgehead atoms. The Kier molecular flexibility index (Phi) is 6.37. The van der Waals surface area contributed by atoms with E-state index in [4.69, 9.17) is 21.1 Å². The molecule has 2 aliphatic heterocycles. The smallest absolute Gasteiger partial charge is 0.323 e. The molecule has 4 rings (SSSR count). The van der Waals surface area contributed by atoms with E-state index in [-0.39, 0.29) is 18.5 Å². The van der Waals surface area contributed by atoms with Gasteiger partial charge in [-0.1, -0.05) is 11.6 Å². The fourth-order valence-corrected chi connectivity index (χ4v) is 3.54. The van der Waals surface area contributed by atoms with Crippen LogP contribution in [0.1, 0.15) is 0 Å². The molecule has 0 unspecified atom stereocenters. The molecule has 3 amide bonds. The van der Waals surface area contributed by atoms with Crippen LogP contribution in [0.15, 0.2) is 42.5 Å². The Hall–Kier alpha value is -2.81. The summed E-state index contributed by atoms with van der Waals surface area (Å²) in [6, 6.07) is 11.7. The SMILES string of the molecule is O=C(Nc1ccc(Cl)cc1)Nc1ccc2c(c1)N(CCN1CCOCC1)C(=O)CO2. The molecule has 1 fully saturated rings. The Morgan fingerprint density at radius 1 is 1.00 bits per heavy atom. The van der Waals surface area contributed by atoms with Crippen molar-refractivity contribution in [3.05, 3.63) is 47.5 Å². The summed E-state index contributed by atoms with van der Waals surface area (Å²) < 4.78 is 10.9. The molecule has 8 nitrogen and oxygen atoms in total. The van der Waals surface area contributed by atoms with Gasteiger partial charge in [0.15, 0.2) is 6.61 Å². The summed E-state index contributed by atoms with van der Waals surface area (Å²) in [5.41, 5.74) is 1.85. The second-order valence-electron chi connectivity index (χ2n) is 7.06.